The molecule has 0 bridgehead atoms. The Bertz CT molecular complexity index is 590. The molecule has 0 aromatic heterocycles. The van der Waals surface area contributed by atoms with Gasteiger partial charge in [-0.1, -0.05) is 17.7 Å². The van der Waals surface area contributed by atoms with Crippen LogP contribution in [0.4, 0.5) is 8.78 Å². The summed E-state index contributed by atoms with van der Waals surface area (Å²) in [6.07, 6.45) is 0. The molecule has 0 fully saturated rings. The Kier molecular flexibility index (Phi) is 4.35. The third-order valence-electron chi connectivity index (χ3n) is 2.67. The van der Waals surface area contributed by atoms with Gasteiger partial charge in [-0.15, -0.1) is 0 Å². The molecule has 0 radical (unpaired) electrons. The quantitative estimate of drug-likeness (QED) is 0.929. The van der Waals surface area contributed by atoms with Crippen molar-refractivity contribution in [3.8, 4) is 5.75 Å². The fourth-order valence-corrected chi connectivity index (χ4v) is 1.90. The van der Waals surface area contributed by atoms with E-state index in [1.807, 2.05) is 0 Å². The number of ether oxygens (including phenoxy) is 1. The van der Waals surface area contributed by atoms with Crippen LogP contribution in [0.25, 0.3) is 0 Å². The molecule has 2 rings (SSSR count). The van der Waals surface area contributed by atoms with E-state index in [1.165, 1.54) is 24.3 Å². The zero-order valence-corrected chi connectivity index (χ0v) is 10.8. The van der Waals surface area contributed by atoms with E-state index in [0.717, 1.165) is 11.6 Å². The van der Waals surface area contributed by atoms with Gasteiger partial charge in [-0.25, -0.2) is 8.78 Å². The van der Waals surface area contributed by atoms with Gasteiger partial charge in [0.1, 0.15) is 24.0 Å². The van der Waals surface area contributed by atoms with Crippen LogP contribution in [0, 0.1) is 11.6 Å². The molecule has 0 amide bonds. The zero-order chi connectivity index (χ0) is 13.8. The molecule has 0 saturated carbocycles. The van der Waals surface area contributed by atoms with Gasteiger partial charge in [0.05, 0.1) is 5.02 Å². The van der Waals surface area contributed by atoms with Crippen LogP contribution < -0.4 is 10.5 Å². The summed E-state index contributed by atoms with van der Waals surface area (Å²) in [6, 6.07) is 8.15. The number of hydrogen-bond acceptors (Lipinski definition) is 2. The predicted octanol–water partition coefficient (Wildman–Crippen LogP) is 3.66. The van der Waals surface area contributed by atoms with Gasteiger partial charge in [0, 0.05) is 6.54 Å². The molecule has 0 unspecified atom stereocenters. The van der Waals surface area contributed by atoms with E-state index in [1.54, 1.807) is 6.07 Å². The summed E-state index contributed by atoms with van der Waals surface area (Å²) >= 11 is 5.84. The lowest BCUT2D eigenvalue weighted by Crippen LogP contribution is -2.05. The van der Waals surface area contributed by atoms with Crippen LogP contribution in [0.2, 0.25) is 5.02 Å². The van der Waals surface area contributed by atoms with Gasteiger partial charge in [0.15, 0.2) is 0 Å². The third kappa shape index (κ3) is 3.43. The summed E-state index contributed by atoms with van der Waals surface area (Å²) < 4.78 is 31.5. The number of rotatable bonds is 4. The normalized spacial score (nSPS) is 10.5. The molecule has 2 N–H and O–H groups in total. The molecule has 0 saturated heterocycles. The highest BCUT2D eigenvalue weighted by atomic mass is 35.5. The number of benzene rings is 2. The predicted molar refractivity (Wildman–Crippen MR) is 70.0 cm³/mol. The van der Waals surface area contributed by atoms with Gasteiger partial charge in [0.25, 0.3) is 0 Å². The van der Waals surface area contributed by atoms with Gasteiger partial charge >= 0.3 is 0 Å². The molecule has 0 heterocycles. The Morgan fingerprint density at radius 3 is 2.37 bits per heavy atom. The van der Waals surface area contributed by atoms with Crippen molar-refractivity contribution in [1.29, 1.82) is 0 Å². The van der Waals surface area contributed by atoms with E-state index in [9.17, 15) is 8.78 Å². The summed E-state index contributed by atoms with van der Waals surface area (Å²) in [5, 5.41) is 0.172. The molecule has 2 aromatic carbocycles. The van der Waals surface area contributed by atoms with Crippen LogP contribution in [0.1, 0.15) is 11.1 Å². The van der Waals surface area contributed by atoms with Gasteiger partial charge < -0.3 is 10.5 Å². The fourth-order valence-electron chi connectivity index (χ4n) is 1.68. The lowest BCUT2D eigenvalue weighted by atomic mass is 10.1. The minimum Gasteiger partial charge on any atom is -0.487 e. The molecule has 0 aliphatic heterocycles. The second-order valence-corrected chi connectivity index (χ2v) is 4.39. The van der Waals surface area contributed by atoms with Crippen LogP contribution in [-0.4, -0.2) is 0 Å². The minimum atomic E-state index is -0.439. The standard InChI is InChI=1S/C14H12ClF2NO/c15-13-6-12(17)3-4-14(13)19-8-10-5-11(16)2-1-9(10)7-18/h1-6H,7-8,18H2. The second-order valence-electron chi connectivity index (χ2n) is 3.98. The van der Waals surface area contributed by atoms with E-state index in [2.05, 4.69) is 0 Å². The van der Waals surface area contributed by atoms with Crippen LogP contribution in [0.3, 0.4) is 0 Å². The summed E-state index contributed by atoms with van der Waals surface area (Å²) in [4.78, 5) is 0. The van der Waals surface area contributed by atoms with Gasteiger partial charge in [-0.05, 0) is 41.5 Å². The van der Waals surface area contributed by atoms with Crippen molar-refractivity contribution in [1.82, 2.24) is 0 Å². The zero-order valence-electron chi connectivity index (χ0n) is 10.00. The van der Waals surface area contributed by atoms with E-state index in [0.29, 0.717) is 11.3 Å². The van der Waals surface area contributed by atoms with Crippen molar-refractivity contribution < 1.29 is 13.5 Å². The maximum atomic E-state index is 13.2. The minimum absolute atomic E-state index is 0.121. The topological polar surface area (TPSA) is 35.2 Å². The van der Waals surface area contributed by atoms with E-state index in [4.69, 9.17) is 22.1 Å². The first kappa shape index (κ1) is 13.8. The Morgan fingerprint density at radius 2 is 1.68 bits per heavy atom. The highest BCUT2D eigenvalue weighted by Crippen LogP contribution is 2.26. The van der Waals surface area contributed by atoms with Gasteiger partial charge in [-0.3, -0.25) is 0 Å². The number of hydrogen-bond donors (Lipinski definition) is 1. The van der Waals surface area contributed by atoms with Gasteiger partial charge in [0.2, 0.25) is 0 Å². The molecule has 0 spiro atoms. The van der Waals surface area contributed by atoms with Crippen LogP contribution in [-0.2, 0) is 13.2 Å². The summed E-state index contributed by atoms with van der Waals surface area (Å²) in [6.45, 7) is 0.409. The van der Waals surface area contributed by atoms with Crippen LogP contribution in [0.5, 0.6) is 5.75 Å². The Labute approximate surface area is 114 Å². The van der Waals surface area contributed by atoms with E-state index < -0.39 is 5.82 Å². The fraction of sp³-hybridized carbons (Fsp3) is 0.143. The molecule has 0 aliphatic carbocycles. The average molecular weight is 284 g/mol. The molecular weight excluding hydrogens is 272 g/mol. The number of nitrogens with two attached hydrogens (primary N) is 1. The summed E-state index contributed by atoms with van der Waals surface area (Å²) in [7, 11) is 0. The Balaban J connectivity index is 2.16. The summed E-state index contributed by atoms with van der Waals surface area (Å²) in [5.41, 5.74) is 7.00. The molecule has 100 valence electrons. The SMILES string of the molecule is NCc1ccc(F)cc1COc1ccc(F)cc1Cl. The average Bonchev–Trinajstić information content (AvgIpc) is 2.38. The molecular formula is C14H12ClF2NO. The van der Waals surface area contributed by atoms with E-state index >= 15 is 0 Å². The molecule has 2 nitrogen and oxygen atoms in total. The number of halogens is 3. The second kappa shape index (κ2) is 5.99. The largest absolute Gasteiger partial charge is 0.487 e. The first-order valence-corrected chi connectivity index (χ1v) is 6.03. The molecule has 5 heteroatoms. The van der Waals surface area contributed by atoms with E-state index in [-0.39, 0.29) is 24.0 Å². The maximum absolute atomic E-state index is 13.2. The first-order chi connectivity index (χ1) is 9.10. The Hall–Kier alpha value is -1.65. The first-order valence-electron chi connectivity index (χ1n) is 5.65. The van der Waals surface area contributed by atoms with Gasteiger partial charge in [-0.2, -0.15) is 0 Å². The monoisotopic (exact) mass is 283 g/mol. The maximum Gasteiger partial charge on any atom is 0.138 e. The smallest absolute Gasteiger partial charge is 0.138 e. The lowest BCUT2D eigenvalue weighted by molar-refractivity contribution is 0.304. The highest BCUT2D eigenvalue weighted by Gasteiger charge is 2.07. The van der Waals surface area contributed by atoms with Crippen molar-refractivity contribution in [3.63, 3.8) is 0 Å². The molecule has 0 atom stereocenters. The van der Waals surface area contributed by atoms with Crippen molar-refractivity contribution in [3.05, 3.63) is 64.2 Å². The molecule has 2 aromatic rings. The highest BCUT2D eigenvalue weighted by molar-refractivity contribution is 6.32. The van der Waals surface area contributed by atoms with Crippen molar-refractivity contribution >= 4 is 11.6 Å². The van der Waals surface area contributed by atoms with Crippen LogP contribution >= 0.6 is 11.6 Å². The third-order valence-corrected chi connectivity index (χ3v) is 2.96. The molecule has 19 heavy (non-hydrogen) atoms. The summed E-state index contributed by atoms with van der Waals surface area (Å²) in [5.74, 6) is -0.456. The molecule has 0 aliphatic rings. The van der Waals surface area contributed by atoms with Crippen molar-refractivity contribution in [2.75, 3.05) is 0 Å². The van der Waals surface area contributed by atoms with Crippen molar-refractivity contribution in [2.45, 2.75) is 13.2 Å². The van der Waals surface area contributed by atoms with Crippen LogP contribution in [0.15, 0.2) is 36.4 Å². The Morgan fingerprint density at radius 1 is 1.00 bits per heavy atom. The van der Waals surface area contributed by atoms with Crippen molar-refractivity contribution in [2.24, 2.45) is 5.73 Å². The lowest BCUT2D eigenvalue weighted by Gasteiger charge is -2.11.